The maximum absolute atomic E-state index is 13.3. The van der Waals surface area contributed by atoms with Crippen LogP contribution in [0.15, 0.2) is 48.5 Å². The maximum atomic E-state index is 13.3. The zero-order chi connectivity index (χ0) is 22.1. The first-order chi connectivity index (χ1) is 15.1. The quantitative estimate of drug-likeness (QED) is 0.667. The Kier molecular flexibility index (Phi) is 8.29. The zero-order valence-corrected chi connectivity index (χ0v) is 18.3. The lowest BCUT2D eigenvalue weighted by molar-refractivity contribution is -0.131. The van der Waals surface area contributed by atoms with Crippen LogP contribution in [0.1, 0.15) is 22.3 Å². The Balaban J connectivity index is 1.72. The number of nitrogens with one attached hydrogen (secondary N) is 1. The molecule has 1 aliphatic rings. The van der Waals surface area contributed by atoms with Crippen LogP contribution in [0.5, 0.6) is 11.5 Å². The fraction of sp³-hybridized carbons (Fsp3) is 0.417. The number of piperazine rings is 1. The van der Waals surface area contributed by atoms with Crippen molar-refractivity contribution in [2.45, 2.75) is 12.8 Å². The Bertz CT molecular complexity index is 866. The van der Waals surface area contributed by atoms with E-state index in [0.29, 0.717) is 49.7 Å². The number of nitrogens with zero attached hydrogens (tertiary/aromatic N) is 2. The van der Waals surface area contributed by atoms with E-state index < -0.39 is 0 Å². The van der Waals surface area contributed by atoms with Crippen LogP contribution in [0.3, 0.4) is 0 Å². The second-order valence-electron chi connectivity index (χ2n) is 7.48. The number of rotatable bonds is 9. The van der Waals surface area contributed by atoms with Crippen LogP contribution >= 0.6 is 0 Å². The minimum Gasteiger partial charge on any atom is -0.493 e. The fourth-order valence-electron chi connectivity index (χ4n) is 3.68. The van der Waals surface area contributed by atoms with Gasteiger partial charge in [0, 0.05) is 51.3 Å². The van der Waals surface area contributed by atoms with E-state index in [0.717, 1.165) is 25.1 Å². The molecule has 1 fully saturated rings. The van der Waals surface area contributed by atoms with Crippen molar-refractivity contribution in [1.29, 1.82) is 0 Å². The van der Waals surface area contributed by atoms with Crippen molar-refractivity contribution < 1.29 is 19.1 Å². The standard InChI is InChI=1S/C24H31N3O4/c1-30-21-9-8-20(18-22(21)31-2)24(29)27(14-10-19-6-4-3-5-7-19)15-11-23(28)26-16-12-25-13-17-26/h3-9,18,25H,10-17H2,1-2H3. The normalized spacial score (nSPS) is 13.5. The number of carbonyl (C=O) groups is 2. The molecule has 3 rings (SSSR count). The van der Waals surface area contributed by atoms with E-state index in [-0.39, 0.29) is 11.8 Å². The number of amides is 2. The smallest absolute Gasteiger partial charge is 0.254 e. The maximum Gasteiger partial charge on any atom is 0.254 e. The van der Waals surface area contributed by atoms with Crippen molar-refractivity contribution in [3.05, 3.63) is 59.7 Å². The summed E-state index contributed by atoms with van der Waals surface area (Å²) in [6.07, 6.45) is 1.04. The lowest BCUT2D eigenvalue weighted by Gasteiger charge is -2.29. The summed E-state index contributed by atoms with van der Waals surface area (Å²) < 4.78 is 10.6. The van der Waals surface area contributed by atoms with Crippen LogP contribution in [-0.4, -0.2) is 75.1 Å². The second kappa shape index (κ2) is 11.4. The summed E-state index contributed by atoms with van der Waals surface area (Å²) in [5, 5.41) is 3.25. The molecule has 1 heterocycles. The van der Waals surface area contributed by atoms with Gasteiger partial charge in [-0.15, -0.1) is 0 Å². The third-order valence-corrected chi connectivity index (χ3v) is 5.50. The molecule has 1 saturated heterocycles. The van der Waals surface area contributed by atoms with Crippen LogP contribution in [0, 0.1) is 0 Å². The highest BCUT2D eigenvalue weighted by atomic mass is 16.5. The van der Waals surface area contributed by atoms with Gasteiger partial charge in [0.2, 0.25) is 5.91 Å². The van der Waals surface area contributed by atoms with E-state index in [4.69, 9.17) is 9.47 Å². The summed E-state index contributed by atoms with van der Waals surface area (Å²) in [4.78, 5) is 29.6. The number of benzene rings is 2. The van der Waals surface area contributed by atoms with E-state index >= 15 is 0 Å². The molecule has 0 spiro atoms. The van der Waals surface area contributed by atoms with Crippen molar-refractivity contribution in [2.75, 3.05) is 53.5 Å². The highest BCUT2D eigenvalue weighted by Crippen LogP contribution is 2.28. The summed E-state index contributed by atoms with van der Waals surface area (Å²) >= 11 is 0. The highest BCUT2D eigenvalue weighted by Gasteiger charge is 2.21. The van der Waals surface area contributed by atoms with Crippen molar-refractivity contribution in [3.63, 3.8) is 0 Å². The third kappa shape index (κ3) is 6.21. The predicted octanol–water partition coefficient (Wildman–Crippen LogP) is 2.21. The Morgan fingerprint density at radius 2 is 1.68 bits per heavy atom. The summed E-state index contributed by atoms with van der Waals surface area (Å²) in [5.74, 6) is 1.05. The molecular formula is C24H31N3O4. The lowest BCUT2D eigenvalue weighted by Crippen LogP contribution is -2.47. The third-order valence-electron chi connectivity index (χ3n) is 5.50. The molecule has 0 bridgehead atoms. The summed E-state index contributed by atoms with van der Waals surface area (Å²) in [6.45, 7) is 3.97. The largest absolute Gasteiger partial charge is 0.493 e. The topological polar surface area (TPSA) is 71.1 Å². The van der Waals surface area contributed by atoms with E-state index in [1.807, 2.05) is 35.2 Å². The van der Waals surface area contributed by atoms with E-state index in [1.165, 1.54) is 0 Å². The molecule has 2 aromatic carbocycles. The molecule has 31 heavy (non-hydrogen) atoms. The fourth-order valence-corrected chi connectivity index (χ4v) is 3.68. The van der Waals surface area contributed by atoms with Gasteiger partial charge in [0.05, 0.1) is 14.2 Å². The number of carbonyl (C=O) groups excluding carboxylic acids is 2. The summed E-state index contributed by atoms with van der Waals surface area (Å²) in [6, 6.07) is 15.2. The minimum absolute atomic E-state index is 0.0892. The van der Waals surface area contributed by atoms with Crippen LogP contribution in [0.2, 0.25) is 0 Å². The van der Waals surface area contributed by atoms with Gasteiger partial charge in [-0.1, -0.05) is 30.3 Å². The molecule has 0 unspecified atom stereocenters. The molecule has 0 atom stereocenters. The molecule has 0 aromatic heterocycles. The first-order valence-electron chi connectivity index (χ1n) is 10.7. The van der Waals surface area contributed by atoms with Gasteiger partial charge >= 0.3 is 0 Å². The van der Waals surface area contributed by atoms with Crippen molar-refractivity contribution in [3.8, 4) is 11.5 Å². The first kappa shape index (κ1) is 22.6. The molecule has 166 valence electrons. The molecule has 2 aromatic rings. The molecule has 0 saturated carbocycles. The van der Waals surface area contributed by atoms with Gasteiger partial charge in [-0.2, -0.15) is 0 Å². The summed E-state index contributed by atoms with van der Waals surface area (Å²) in [7, 11) is 3.11. The zero-order valence-electron chi connectivity index (χ0n) is 18.3. The minimum atomic E-state index is -0.120. The van der Waals surface area contributed by atoms with Crippen molar-refractivity contribution in [2.24, 2.45) is 0 Å². The average Bonchev–Trinajstić information content (AvgIpc) is 2.84. The van der Waals surface area contributed by atoms with Gasteiger partial charge in [-0.3, -0.25) is 9.59 Å². The number of methoxy groups -OCH3 is 2. The molecule has 1 aliphatic heterocycles. The molecule has 1 N–H and O–H groups in total. The lowest BCUT2D eigenvalue weighted by atomic mass is 10.1. The van der Waals surface area contributed by atoms with Crippen LogP contribution < -0.4 is 14.8 Å². The van der Waals surface area contributed by atoms with Gasteiger partial charge in [0.1, 0.15) is 0 Å². The number of ether oxygens (including phenoxy) is 2. The van der Waals surface area contributed by atoms with Gasteiger partial charge in [-0.25, -0.2) is 0 Å². The SMILES string of the molecule is COc1ccc(C(=O)N(CCC(=O)N2CCNCC2)CCc2ccccc2)cc1OC. The first-order valence-corrected chi connectivity index (χ1v) is 10.7. The predicted molar refractivity (Wildman–Crippen MR) is 120 cm³/mol. The molecule has 7 heteroatoms. The van der Waals surface area contributed by atoms with Crippen molar-refractivity contribution in [1.82, 2.24) is 15.1 Å². The number of hydrogen-bond acceptors (Lipinski definition) is 5. The van der Waals surface area contributed by atoms with Gasteiger partial charge in [-0.05, 0) is 30.2 Å². The van der Waals surface area contributed by atoms with Gasteiger partial charge in [0.15, 0.2) is 11.5 Å². The highest BCUT2D eigenvalue weighted by molar-refractivity contribution is 5.95. The second-order valence-corrected chi connectivity index (χ2v) is 7.48. The Morgan fingerprint density at radius 1 is 0.968 bits per heavy atom. The monoisotopic (exact) mass is 425 g/mol. The molecular weight excluding hydrogens is 394 g/mol. The molecule has 0 radical (unpaired) electrons. The van der Waals surface area contributed by atoms with Crippen LogP contribution in [0.25, 0.3) is 0 Å². The molecule has 0 aliphatic carbocycles. The van der Waals surface area contributed by atoms with Crippen molar-refractivity contribution >= 4 is 11.8 Å². The molecule has 2 amide bonds. The Hall–Kier alpha value is -3.06. The van der Waals surface area contributed by atoms with Crippen LogP contribution in [-0.2, 0) is 11.2 Å². The number of hydrogen-bond donors (Lipinski definition) is 1. The van der Waals surface area contributed by atoms with E-state index in [1.54, 1.807) is 37.3 Å². The Labute approximate surface area is 183 Å². The van der Waals surface area contributed by atoms with Gasteiger partial charge < -0.3 is 24.6 Å². The van der Waals surface area contributed by atoms with E-state index in [2.05, 4.69) is 5.32 Å². The van der Waals surface area contributed by atoms with Crippen LogP contribution in [0.4, 0.5) is 0 Å². The Morgan fingerprint density at radius 3 is 2.35 bits per heavy atom. The van der Waals surface area contributed by atoms with Gasteiger partial charge in [0.25, 0.3) is 5.91 Å². The molecule has 7 nitrogen and oxygen atoms in total. The van der Waals surface area contributed by atoms with E-state index in [9.17, 15) is 9.59 Å². The summed E-state index contributed by atoms with van der Waals surface area (Å²) in [5.41, 5.74) is 1.67. The average molecular weight is 426 g/mol.